The molecule has 4 heterocycles. The molecule has 3 atom stereocenters. The largest absolute Gasteiger partial charge is 0.481 e. The number of hydrogen-bond donors (Lipinski definition) is 3. The van der Waals surface area contributed by atoms with Crippen molar-refractivity contribution in [1.82, 2.24) is 30.7 Å². The number of ether oxygens (including phenoxy) is 1. The van der Waals surface area contributed by atoms with E-state index in [9.17, 15) is 14.0 Å². The Kier molecular flexibility index (Phi) is 4.69. The van der Waals surface area contributed by atoms with Gasteiger partial charge in [0.05, 0.1) is 19.0 Å². The zero-order valence-corrected chi connectivity index (χ0v) is 18.4. The molecule has 2 saturated heterocycles. The summed E-state index contributed by atoms with van der Waals surface area (Å²) < 4.78 is 19.3. The van der Waals surface area contributed by atoms with Gasteiger partial charge >= 0.3 is 0 Å². The van der Waals surface area contributed by atoms with Gasteiger partial charge in [0, 0.05) is 48.8 Å². The standard InChI is InChI=1S/C23H27FN6O3/c1-33-19-6-13(16(24)11-26-19)17-7-18(29-28-17)22(32)30-5-2-12(8-23(30)3-4-23)21(31)27-20-14-9-25-10-15(14)20/h6-7,11-12,14-15,20,25H,2-5,8-10H2,1H3,(H,27,31)(H,28,29). The van der Waals surface area contributed by atoms with Crippen molar-refractivity contribution in [2.45, 2.75) is 37.3 Å². The summed E-state index contributed by atoms with van der Waals surface area (Å²) in [5.41, 5.74) is 0.593. The number of carbonyl (C=O) groups is 2. The van der Waals surface area contributed by atoms with Crippen LogP contribution in [0.1, 0.15) is 36.2 Å². The molecule has 174 valence electrons. The SMILES string of the molecule is COc1cc(-c2cc(C(=O)N3CCC(C(=O)NC4C5CNCC54)CC34CC4)[nH]n2)c(F)cn1. The first-order chi connectivity index (χ1) is 16.0. The molecule has 0 radical (unpaired) electrons. The monoisotopic (exact) mass is 454 g/mol. The molecular formula is C23H27FN6O3. The van der Waals surface area contributed by atoms with Crippen molar-refractivity contribution in [3.8, 4) is 17.1 Å². The highest BCUT2D eigenvalue weighted by molar-refractivity contribution is 5.94. The van der Waals surface area contributed by atoms with Gasteiger partial charge in [-0.25, -0.2) is 9.37 Å². The van der Waals surface area contributed by atoms with Crippen molar-refractivity contribution in [2.75, 3.05) is 26.7 Å². The number of rotatable bonds is 5. The molecule has 1 spiro atoms. The lowest BCUT2D eigenvalue weighted by molar-refractivity contribution is -0.127. The van der Waals surface area contributed by atoms with Gasteiger partial charge in [-0.05, 0) is 43.6 Å². The Bertz CT molecular complexity index is 1110. The molecule has 0 bridgehead atoms. The number of amides is 2. The zero-order chi connectivity index (χ0) is 22.7. The number of aromatic amines is 1. The quantitative estimate of drug-likeness (QED) is 0.629. The lowest BCUT2D eigenvalue weighted by Gasteiger charge is -2.39. The number of piperidine rings is 2. The highest BCUT2D eigenvalue weighted by Crippen LogP contribution is 2.51. The maximum Gasteiger partial charge on any atom is 0.272 e. The topological polar surface area (TPSA) is 112 Å². The second-order valence-electron chi connectivity index (χ2n) is 9.76. The van der Waals surface area contributed by atoms with Crippen LogP contribution in [0, 0.1) is 23.6 Å². The minimum Gasteiger partial charge on any atom is -0.481 e. The third kappa shape index (κ3) is 3.47. The molecule has 6 rings (SSSR count). The lowest BCUT2D eigenvalue weighted by atomic mass is 9.88. The van der Waals surface area contributed by atoms with Crippen molar-refractivity contribution >= 4 is 11.8 Å². The van der Waals surface area contributed by atoms with Crippen LogP contribution < -0.4 is 15.4 Å². The third-order valence-electron chi connectivity index (χ3n) is 7.87. The van der Waals surface area contributed by atoms with Crippen LogP contribution in [0.3, 0.4) is 0 Å². The van der Waals surface area contributed by atoms with Crippen LogP contribution in [0.15, 0.2) is 18.3 Å². The van der Waals surface area contributed by atoms with Crippen LogP contribution >= 0.6 is 0 Å². The van der Waals surface area contributed by atoms with Gasteiger partial charge in [0.2, 0.25) is 11.8 Å². The zero-order valence-electron chi connectivity index (χ0n) is 18.4. The van der Waals surface area contributed by atoms with Crippen LogP contribution in [0.25, 0.3) is 11.3 Å². The Hall–Kier alpha value is -3.01. The molecule has 3 unspecified atom stereocenters. The van der Waals surface area contributed by atoms with Gasteiger partial charge in [-0.2, -0.15) is 5.10 Å². The highest BCUT2D eigenvalue weighted by atomic mass is 19.1. The minimum absolute atomic E-state index is 0.0541. The van der Waals surface area contributed by atoms with E-state index < -0.39 is 5.82 Å². The van der Waals surface area contributed by atoms with Gasteiger partial charge < -0.3 is 20.3 Å². The average Bonchev–Trinajstić information content (AvgIpc) is 3.53. The number of pyridine rings is 1. The first kappa shape index (κ1) is 20.6. The van der Waals surface area contributed by atoms with Crippen molar-refractivity contribution in [1.29, 1.82) is 0 Å². The summed E-state index contributed by atoms with van der Waals surface area (Å²) in [4.78, 5) is 31.9. The number of aromatic nitrogens is 3. The van der Waals surface area contributed by atoms with E-state index in [-0.39, 0.29) is 34.7 Å². The smallest absolute Gasteiger partial charge is 0.272 e. The molecule has 2 aromatic heterocycles. The molecule has 0 aromatic carbocycles. The summed E-state index contributed by atoms with van der Waals surface area (Å²) in [5.74, 6) is 0.832. The molecule has 2 aliphatic heterocycles. The number of carbonyl (C=O) groups excluding carboxylic acids is 2. The molecule has 3 N–H and O–H groups in total. The molecule has 33 heavy (non-hydrogen) atoms. The number of nitrogens with zero attached hydrogens (tertiary/aromatic N) is 3. The van der Waals surface area contributed by atoms with Gasteiger partial charge in [0.25, 0.3) is 5.91 Å². The molecule has 2 saturated carbocycles. The molecular weight excluding hydrogens is 427 g/mol. The van der Waals surface area contributed by atoms with E-state index in [0.29, 0.717) is 48.7 Å². The fourth-order valence-corrected chi connectivity index (χ4v) is 5.71. The van der Waals surface area contributed by atoms with Gasteiger partial charge in [-0.3, -0.25) is 14.7 Å². The van der Waals surface area contributed by atoms with E-state index in [1.165, 1.54) is 13.2 Å². The van der Waals surface area contributed by atoms with Crippen LogP contribution in [0.2, 0.25) is 0 Å². The summed E-state index contributed by atoms with van der Waals surface area (Å²) >= 11 is 0. The first-order valence-corrected chi connectivity index (χ1v) is 11.6. The molecule has 4 aliphatic rings. The summed E-state index contributed by atoms with van der Waals surface area (Å²) in [6.45, 7) is 2.52. The Labute approximate surface area is 190 Å². The summed E-state index contributed by atoms with van der Waals surface area (Å²) in [6, 6.07) is 3.34. The Balaban J connectivity index is 1.14. The maximum atomic E-state index is 14.3. The van der Waals surface area contributed by atoms with Crippen LogP contribution in [-0.2, 0) is 4.79 Å². The van der Waals surface area contributed by atoms with E-state index in [1.54, 1.807) is 6.07 Å². The van der Waals surface area contributed by atoms with Crippen molar-refractivity contribution in [3.05, 3.63) is 29.8 Å². The third-order valence-corrected chi connectivity index (χ3v) is 7.87. The number of H-pyrrole nitrogens is 1. The van der Waals surface area contributed by atoms with Gasteiger partial charge in [0.1, 0.15) is 5.69 Å². The van der Waals surface area contributed by atoms with Gasteiger partial charge in [-0.1, -0.05) is 0 Å². The first-order valence-electron chi connectivity index (χ1n) is 11.6. The fourth-order valence-electron chi connectivity index (χ4n) is 5.71. The summed E-state index contributed by atoms with van der Waals surface area (Å²) in [5, 5.41) is 13.5. The number of methoxy groups -OCH3 is 1. The average molecular weight is 455 g/mol. The van der Waals surface area contributed by atoms with Crippen molar-refractivity contribution in [2.24, 2.45) is 17.8 Å². The predicted octanol–water partition coefficient (Wildman–Crippen LogP) is 1.34. The highest BCUT2D eigenvalue weighted by Gasteiger charge is 2.57. The Morgan fingerprint density at radius 2 is 2.06 bits per heavy atom. The van der Waals surface area contributed by atoms with E-state index in [0.717, 1.165) is 32.1 Å². The number of halogens is 1. The summed E-state index contributed by atoms with van der Waals surface area (Å²) in [7, 11) is 1.45. The van der Waals surface area contributed by atoms with Crippen molar-refractivity contribution < 1.29 is 18.7 Å². The van der Waals surface area contributed by atoms with E-state index in [4.69, 9.17) is 4.74 Å². The lowest BCUT2D eigenvalue weighted by Crippen LogP contribution is -2.51. The van der Waals surface area contributed by atoms with E-state index in [1.807, 2.05) is 4.90 Å². The minimum atomic E-state index is -0.539. The molecule has 2 aromatic rings. The van der Waals surface area contributed by atoms with E-state index >= 15 is 0 Å². The Morgan fingerprint density at radius 1 is 1.27 bits per heavy atom. The molecule has 2 amide bonds. The van der Waals surface area contributed by atoms with Crippen molar-refractivity contribution in [3.63, 3.8) is 0 Å². The maximum absolute atomic E-state index is 14.3. The number of nitrogens with one attached hydrogen (secondary N) is 3. The predicted molar refractivity (Wildman–Crippen MR) is 116 cm³/mol. The molecule has 10 heteroatoms. The molecule has 4 fully saturated rings. The second-order valence-corrected chi connectivity index (χ2v) is 9.76. The van der Waals surface area contributed by atoms with Gasteiger partial charge in [-0.15, -0.1) is 0 Å². The normalized spacial score (nSPS) is 29.0. The number of likely N-dealkylation sites (tertiary alicyclic amines) is 1. The van der Waals surface area contributed by atoms with Gasteiger partial charge in [0.15, 0.2) is 5.82 Å². The van der Waals surface area contributed by atoms with Crippen LogP contribution in [0.4, 0.5) is 4.39 Å². The molecule has 2 aliphatic carbocycles. The fraction of sp³-hybridized carbons (Fsp3) is 0.565. The number of fused-ring (bicyclic) bond motifs is 1. The van der Waals surface area contributed by atoms with Crippen LogP contribution in [0.5, 0.6) is 5.88 Å². The Morgan fingerprint density at radius 3 is 2.79 bits per heavy atom. The van der Waals surface area contributed by atoms with E-state index in [2.05, 4.69) is 25.8 Å². The van der Waals surface area contributed by atoms with Crippen LogP contribution in [-0.4, -0.2) is 70.2 Å². The second kappa shape index (κ2) is 7.51. The molecule has 9 nitrogen and oxygen atoms in total. The number of hydrogen-bond acceptors (Lipinski definition) is 6. The summed E-state index contributed by atoms with van der Waals surface area (Å²) in [6.07, 6.45) is 4.22.